The van der Waals surface area contributed by atoms with Crippen LogP contribution in [0.2, 0.25) is 0 Å². The maximum Gasteiger partial charge on any atom is 0.363 e. The number of nitriles is 1. The normalized spacial score (nSPS) is 29.1. The van der Waals surface area contributed by atoms with Crippen LogP contribution < -0.4 is 0 Å². The largest absolute Gasteiger partial charge is 0.477 e. The maximum absolute atomic E-state index is 10.4. The van der Waals surface area contributed by atoms with Crippen molar-refractivity contribution in [2.24, 2.45) is 0 Å². The van der Waals surface area contributed by atoms with Crippen molar-refractivity contribution in [2.45, 2.75) is 12.0 Å². The molecule has 0 saturated heterocycles. The van der Waals surface area contributed by atoms with E-state index >= 15 is 0 Å². The van der Waals surface area contributed by atoms with Crippen LogP contribution in [0.4, 0.5) is 0 Å². The van der Waals surface area contributed by atoms with E-state index in [0.29, 0.717) is 0 Å². The highest BCUT2D eigenvalue weighted by Crippen LogP contribution is 2.22. The van der Waals surface area contributed by atoms with Crippen molar-refractivity contribution in [3.8, 4) is 6.07 Å². The molecule has 1 aliphatic heterocycles. The van der Waals surface area contributed by atoms with Gasteiger partial charge in [-0.1, -0.05) is 0 Å². The minimum atomic E-state index is -1.65. The van der Waals surface area contributed by atoms with E-state index in [9.17, 15) is 4.79 Å². The molecule has 0 bridgehead atoms. The number of carbonyl (C=O) groups is 1. The maximum atomic E-state index is 10.4. The number of hydrogen-bond donors (Lipinski definition) is 1. The summed E-state index contributed by atoms with van der Waals surface area (Å²) >= 11 is 0. The SMILES string of the molecule is N#CC1(C(=O)O)CC=CO1. The molecule has 1 aliphatic rings. The van der Waals surface area contributed by atoms with Gasteiger partial charge in [0.25, 0.3) is 5.60 Å². The molecule has 10 heavy (non-hydrogen) atoms. The van der Waals surface area contributed by atoms with Gasteiger partial charge in [0.05, 0.1) is 6.26 Å². The van der Waals surface area contributed by atoms with Gasteiger partial charge in [-0.15, -0.1) is 0 Å². The summed E-state index contributed by atoms with van der Waals surface area (Å²) < 4.78 is 4.61. The lowest BCUT2D eigenvalue weighted by Crippen LogP contribution is -2.35. The van der Waals surface area contributed by atoms with Crippen molar-refractivity contribution in [3.63, 3.8) is 0 Å². The summed E-state index contributed by atoms with van der Waals surface area (Å²) in [6, 6.07) is 1.59. The molecule has 52 valence electrons. The van der Waals surface area contributed by atoms with Crippen LogP contribution in [0.5, 0.6) is 0 Å². The van der Waals surface area contributed by atoms with Crippen molar-refractivity contribution in [1.29, 1.82) is 5.26 Å². The number of carboxylic acids is 1. The average molecular weight is 139 g/mol. The second-order valence-electron chi connectivity index (χ2n) is 1.94. The first-order valence-corrected chi connectivity index (χ1v) is 2.69. The summed E-state index contributed by atoms with van der Waals surface area (Å²) in [5.41, 5.74) is -1.65. The van der Waals surface area contributed by atoms with Gasteiger partial charge in [0, 0.05) is 6.42 Å². The number of rotatable bonds is 1. The molecule has 1 heterocycles. The van der Waals surface area contributed by atoms with Gasteiger partial charge in [-0.2, -0.15) is 5.26 Å². The van der Waals surface area contributed by atoms with E-state index in [0.717, 1.165) is 0 Å². The van der Waals surface area contributed by atoms with Crippen molar-refractivity contribution in [1.82, 2.24) is 0 Å². The summed E-state index contributed by atoms with van der Waals surface area (Å²) in [5, 5.41) is 16.9. The van der Waals surface area contributed by atoms with E-state index in [1.54, 1.807) is 6.07 Å². The molecule has 0 aromatic carbocycles. The fraction of sp³-hybridized carbons (Fsp3) is 0.333. The van der Waals surface area contributed by atoms with Gasteiger partial charge in [0.1, 0.15) is 6.07 Å². The summed E-state index contributed by atoms with van der Waals surface area (Å²) in [7, 11) is 0. The molecule has 0 fully saturated rings. The van der Waals surface area contributed by atoms with Crippen LogP contribution in [-0.4, -0.2) is 16.7 Å². The van der Waals surface area contributed by atoms with E-state index in [2.05, 4.69) is 4.74 Å². The standard InChI is InChI=1S/C6H5NO3/c7-4-6(5(8)9)2-1-3-10-6/h1,3H,2H2,(H,8,9). The lowest BCUT2D eigenvalue weighted by molar-refractivity contribution is -0.151. The average Bonchev–Trinajstić information content (AvgIpc) is 2.35. The molecule has 0 spiro atoms. The van der Waals surface area contributed by atoms with Gasteiger partial charge in [0.2, 0.25) is 0 Å². The summed E-state index contributed by atoms with van der Waals surface area (Å²) in [5.74, 6) is -1.24. The molecule has 0 radical (unpaired) electrons. The van der Waals surface area contributed by atoms with Gasteiger partial charge in [0.15, 0.2) is 0 Å². The predicted octanol–water partition coefficient (Wildman–Crippen LogP) is 0.267. The second kappa shape index (κ2) is 2.03. The number of hydrogen-bond acceptors (Lipinski definition) is 3. The summed E-state index contributed by atoms with van der Waals surface area (Å²) in [4.78, 5) is 10.4. The number of aliphatic carboxylic acids is 1. The third-order valence-electron chi connectivity index (χ3n) is 1.30. The predicted molar refractivity (Wildman–Crippen MR) is 30.8 cm³/mol. The Morgan fingerprint density at radius 3 is 2.80 bits per heavy atom. The van der Waals surface area contributed by atoms with Crippen molar-refractivity contribution >= 4 is 5.97 Å². The molecule has 1 atom stereocenters. The van der Waals surface area contributed by atoms with Crippen LogP contribution in [0.25, 0.3) is 0 Å². The van der Waals surface area contributed by atoms with Crippen LogP contribution >= 0.6 is 0 Å². The first-order chi connectivity index (χ1) is 4.71. The molecule has 4 heteroatoms. The third kappa shape index (κ3) is 0.722. The lowest BCUT2D eigenvalue weighted by atomic mass is 10.0. The second-order valence-corrected chi connectivity index (χ2v) is 1.94. The molecule has 0 aliphatic carbocycles. The van der Waals surface area contributed by atoms with Crippen LogP contribution in [0.1, 0.15) is 6.42 Å². The monoisotopic (exact) mass is 139 g/mol. The Morgan fingerprint density at radius 1 is 1.90 bits per heavy atom. The highest BCUT2D eigenvalue weighted by Gasteiger charge is 2.41. The minimum absolute atomic E-state index is 0.124. The third-order valence-corrected chi connectivity index (χ3v) is 1.30. The quantitative estimate of drug-likeness (QED) is 0.565. The summed E-state index contributed by atoms with van der Waals surface area (Å²) in [6.07, 6.45) is 2.87. The molecule has 0 aromatic heterocycles. The van der Waals surface area contributed by atoms with Gasteiger partial charge in [-0.3, -0.25) is 0 Å². The van der Waals surface area contributed by atoms with E-state index < -0.39 is 11.6 Å². The minimum Gasteiger partial charge on any atom is -0.477 e. The number of ether oxygens (including phenoxy) is 1. The van der Waals surface area contributed by atoms with E-state index in [-0.39, 0.29) is 6.42 Å². The van der Waals surface area contributed by atoms with E-state index in [4.69, 9.17) is 10.4 Å². The van der Waals surface area contributed by atoms with Crippen molar-refractivity contribution in [2.75, 3.05) is 0 Å². The van der Waals surface area contributed by atoms with Crippen molar-refractivity contribution < 1.29 is 14.6 Å². The van der Waals surface area contributed by atoms with Gasteiger partial charge in [-0.25, -0.2) is 4.79 Å². The van der Waals surface area contributed by atoms with Gasteiger partial charge >= 0.3 is 5.97 Å². The van der Waals surface area contributed by atoms with Gasteiger partial charge in [-0.05, 0) is 6.08 Å². The molecule has 1 N–H and O–H groups in total. The first kappa shape index (κ1) is 6.62. The van der Waals surface area contributed by atoms with Crippen LogP contribution in [0, 0.1) is 11.3 Å². The fourth-order valence-electron chi connectivity index (χ4n) is 0.684. The number of carboxylic acid groups (broad SMARTS) is 1. The zero-order valence-corrected chi connectivity index (χ0v) is 5.07. The van der Waals surface area contributed by atoms with Gasteiger partial charge < -0.3 is 9.84 Å². The molecule has 1 unspecified atom stereocenters. The Balaban J connectivity index is 2.84. The Bertz CT molecular complexity index is 218. The first-order valence-electron chi connectivity index (χ1n) is 2.69. The molecule has 0 aromatic rings. The molecular weight excluding hydrogens is 134 g/mol. The molecule has 0 amide bonds. The molecule has 4 nitrogen and oxygen atoms in total. The Hall–Kier alpha value is -1.50. The highest BCUT2D eigenvalue weighted by atomic mass is 16.5. The molecule has 0 saturated carbocycles. The Labute approximate surface area is 57.3 Å². The Morgan fingerprint density at radius 2 is 2.60 bits per heavy atom. The van der Waals surface area contributed by atoms with E-state index in [1.165, 1.54) is 12.3 Å². The van der Waals surface area contributed by atoms with Crippen molar-refractivity contribution in [3.05, 3.63) is 12.3 Å². The van der Waals surface area contributed by atoms with Crippen LogP contribution in [0.15, 0.2) is 12.3 Å². The highest BCUT2D eigenvalue weighted by molar-refractivity contribution is 5.82. The topological polar surface area (TPSA) is 70.3 Å². The lowest BCUT2D eigenvalue weighted by Gasteiger charge is -2.13. The Kier molecular flexibility index (Phi) is 1.34. The summed E-state index contributed by atoms with van der Waals surface area (Å²) in [6.45, 7) is 0. The zero-order chi connectivity index (χ0) is 7.61. The van der Waals surface area contributed by atoms with E-state index in [1.807, 2.05) is 0 Å². The molecule has 1 rings (SSSR count). The number of nitrogens with zero attached hydrogens (tertiary/aromatic N) is 1. The van der Waals surface area contributed by atoms with Crippen LogP contribution in [0.3, 0.4) is 0 Å². The molecular formula is C6H5NO3. The van der Waals surface area contributed by atoms with Crippen LogP contribution in [-0.2, 0) is 9.53 Å². The zero-order valence-electron chi connectivity index (χ0n) is 5.07. The fourth-order valence-corrected chi connectivity index (χ4v) is 0.684. The smallest absolute Gasteiger partial charge is 0.363 e.